The Hall–Kier alpha value is -1.66. The Morgan fingerprint density at radius 2 is 2.11 bits per heavy atom. The molecular formula is C21H22ClN2OS2+. The predicted molar refractivity (Wildman–Crippen MR) is 113 cm³/mol. The second kappa shape index (κ2) is 8.57. The van der Waals surface area contributed by atoms with E-state index in [9.17, 15) is 4.79 Å². The zero-order valence-electron chi connectivity index (χ0n) is 14.9. The summed E-state index contributed by atoms with van der Waals surface area (Å²) in [7, 11) is 0. The van der Waals surface area contributed by atoms with Crippen LogP contribution >= 0.6 is 34.3 Å². The maximum absolute atomic E-state index is 12.6. The van der Waals surface area contributed by atoms with Crippen LogP contribution in [-0.4, -0.2) is 25.5 Å². The number of halogens is 1. The van der Waals surface area contributed by atoms with Gasteiger partial charge in [-0.05, 0) is 47.0 Å². The van der Waals surface area contributed by atoms with E-state index < -0.39 is 0 Å². The van der Waals surface area contributed by atoms with Gasteiger partial charge in [0.15, 0.2) is 6.54 Å². The van der Waals surface area contributed by atoms with Crippen molar-refractivity contribution in [2.45, 2.75) is 18.9 Å². The largest absolute Gasteiger partial charge is 0.351 e. The first-order chi connectivity index (χ1) is 13.2. The minimum atomic E-state index is 0.118. The quantitative estimate of drug-likeness (QED) is 0.633. The number of hydrogen-bond acceptors (Lipinski definition) is 3. The number of rotatable bonds is 6. The van der Waals surface area contributed by atoms with Crippen LogP contribution in [0, 0.1) is 0 Å². The first kappa shape index (κ1) is 18.7. The van der Waals surface area contributed by atoms with Gasteiger partial charge in [-0.1, -0.05) is 29.8 Å². The van der Waals surface area contributed by atoms with Gasteiger partial charge < -0.3 is 10.2 Å². The van der Waals surface area contributed by atoms with E-state index in [4.69, 9.17) is 11.6 Å². The molecule has 0 spiro atoms. The molecule has 1 unspecified atom stereocenters. The summed E-state index contributed by atoms with van der Waals surface area (Å²) in [5.74, 6) is 0.118. The molecule has 0 saturated carbocycles. The summed E-state index contributed by atoms with van der Waals surface area (Å²) in [6.07, 6.45) is 1.85. The molecule has 0 bridgehead atoms. The molecular weight excluding hydrogens is 396 g/mol. The SMILES string of the molecule is O=C(C[NH+]1CCc2sccc2[C@@H]1c1cccs1)NCCc1cccc(Cl)c1. The Labute approximate surface area is 172 Å². The Balaban J connectivity index is 1.38. The van der Waals surface area contributed by atoms with Crippen molar-refractivity contribution in [3.05, 3.63) is 79.1 Å². The number of carbonyl (C=O) groups excluding carboxylic acids is 1. The van der Waals surface area contributed by atoms with Crippen LogP contribution in [0.5, 0.6) is 0 Å². The number of nitrogens with one attached hydrogen (secondary N) is 2. The average molecular weight is 418 g/mol. The molecule has 6 heteroatoms. The van der Waals surface area contributed by atoms with E-state index in [2.05, 4.69) is 34.3 Å². The molecule has 0 radical (unpaired) electrons. The van der Waals surface area contributed by atoms with Crippen molar-refractivity contribution in [2.24, 2.45) is 0 Å². The number of thiophene rings is 2. The van der Waals surface area contributed by atoms with E-state index in [0.29, 0.717) is 13.1 Å². The molecule has 3 aromatic rings. The molecule has 27 heavy (non-hydrogen) atoms. The lowest BCUT2D eigenvalue weighted by Gasteiger charge is -2.31. The lowest BCUT2D eigenvalue weighted by atomic mass is 9.98. The van der Waals surface area contributed by atoms with Crippen LogP contribution in [0.4, 0.5) is 0 Å². The summed E-state index contributed by atoms with van der Waals surface area (Å²) in [6.45, 7) is 2.14. The van der Waals surface area contributed by atoms with E-state index in [-0.39, 0.29) is 11.9 Å². The van der Waals surface area contributed by atoms with Crippen LogP contribution in [0.3, 0.4) is 0 Å². The molecule has 2 atom stereocenters. The lowest BCUT2D eigenvalue weighted by Crippen LogP contribution is -3.14. The molecule has 0 saturated heterocycles. The molecule has 2 N–H and O–H groups in total. The lowest BCUT2D eigenvalue weighted by molar-refractivity contribution is -0.919. The topological polar surface area (TPSA) is 33.5 Å². The molecule has 1 amide bonds. The highest BCUT2D eigenvalue weighted by atomic mass is 35.5. The minimum Gasteiger partial charge on any atom is -0.351 e. The third-order valence-corrected chi connectivity index (χ3v) is 7.18. The maximum Gasteiger partial charge on any atom is 0.275 e. The summed E-state index contributed by atoms with van der Waals surface area (Å²) >= 11 is 9.65. The molecule has 1 aliphatic rings. The predicted octanol–water partition coefficient (Wildman–Crippen LogP) is 3.35. The summed E-state index contributed by atoms with van der Waals surface area (Å²) in [5.41, 5.74) is 2.54. The van der Waals surface area contributed by atoms with Crippen molar-refractivity contribution in [2.75, 3.05) is 19.6 Å². The van der Waals surface area contributed by atoms with Crippen molar-refractivity contribution >= 4 is 40.2 Å². The highest BCUT2D eigenvalue weighted by Gasteiger charge is 2.34. The first-order valence-electron chi connectivity index (χ1n) is 9.16. The van der Waals surface area contributed by atoms with Gasteiger partial charge >= 0.3 is 0 Å². The average Bonchev–Trinajstić information content (AvgIpc) is 3.33. The second-order valence-corrected chi connectivity index (χ2v) is 9.23. The van der Waals surface area contributed by atoms with Gasteiger partial charge in [0.05, 0.1) is 11.4 Å². The smallest absolute Gasteiger partial charge is 0.275 e. The van der Waals surface area contributed by atoms with Gasteiger partial charge in [0, 0.05) is 28.4 Å². The van der Waals surface area contributed by atoms with E-state index in [1.807, 2.05) is 35.6 Å². The molecule has 3 heterocycles. The molecule has 2 aromatic heterocycles. The second-order valence-electron chi connectivity index (χ2n) is 6.81. The Morgan fingerprint density at radius 3 is 2.93 bits per heavy atom. The van der Waals surface area contributed by atoms with Gasteiger partial charge in [-0.3, -0.25) is 4.79 Å². The number of quaternary nitrogens is 1. The standard InChI is InChI=1S/C21H21ClN2OS2/c22-16-4-1-3-15(13-16)6-9-23-20(25)14-24-10-7-18-17(8-12-27-18)21(24)19-5-2-11-26-19/h1-5,8,11-13,21H,6-7,9-10,14H2,(H,23,25)/p+1/t21-/m1/s1. The van der Waals surface area contributed by atoms with Crippen molar-refractivity contribution in [3.8, 4) is 0 Å². The monoisotopic (exact) mass is 417 g/mol. The highest BCUT2D eigenvalue weighted by molar-refractivity contribution is 7.10. The molecule has 4 rings (SSSR count). The number of fused-ring (bicyclic) bond motifs is 1. The third-order valence-electron chi connectivity index (χ3n) is 5.01. The summed E-state index contributed by atoms with van der Waals surface area (Å²) in [4.78, 5) is 16.7. The van der Waals surface area contributed by atoms with Crippen LogP contribution in [0.15, 0.2) is 53.2 Å². The number of carbonyl (C=O) groups is 1. The summed E-state index contributed by atoms with van der Waals surface area (Å²) < 4.78 is 0. The molecule has 140 valence electrons. The first-order valence-corrected chi connectivity index (χ1v) is 11.3. The summed E-state index contributed by atoms with van der Waals surface area (Å²) in [5, 5.41) is 8.13. The van der Waals surface area contributed by atoms with E-state index in [1.165, 1.54) is 20.2 Å². The molecule has 3 nitrogen and oxygen atoms in total. The van der Waals surface area contributed by atoms with Crippen LogP contribution in [0.25, 0.3) is 0 Å². The zero-order valence-corrected chi connectivity index (χ0v) is 17.3. The number of amides is 1. The van der Waals surface area contributed by atoms with Crippen LogP contribution in [0.1, 0.15) is 26.9 Å². The van der Waals surface area contributed by atoms with Crippen molar-refractivity contribution in [1.82, 2.24) is 5.32 Å². The van der Waals surface area contributed by atoms with Crippen molar-refractivity contribution in [3.63, 3.8) is 0 Å². The third kappa shape index (κ3) is 4.43. The van der Waals surface area contributed by atoms with Gasteiger partial charge in [-0.2, -0.15) is 0 Å². The number of hydrogen-bond donors (Lipinski definition) is 2. The fourth-order valence-corrected chi connectivity index (χ4v) is 5.79. The highest BCUT2D eigenvalue weighted by Crippen LogP contribution is 2.31. The van der Waals surface area contributed by atoms with Crippen LogP contribution in [-0.2, 0) is 17.6 Å². The minimum absolute atomic E-state index is 0.118. The zero-order chi connectivity index (χ0) is 18.6. The van der Waals surface area contributed by atoms with Crippen LogP contribution < -0.4 is 10.2 Å². The van der Waals surface area contributed by atoms with Crippen molar-refractivity contribution in [1.29, 1.82) is 0 Å². The van der Waals surface area contributed by atoms with E-state index in [0.717, 1.165) is 30.0 Å². The van der Waals surface area contributed by atoms with Gasteiger partial charge in [0.1, 0.15) is 6.04 Å². The van der Waals surface area contributed by atoms with Gasteiger partial charge in [0.2, 0.25) is 0 Å². The van der Waals surface area contributed by atoms with E-state index in [1.54, 1.807) is 11.3 Å². The van der Waals surface area contributed by atoms with Gasteiger partial charge in [-0.15, -0.1) is 22.7 Å². The van der Waals surface area contributed by atoms with Gasteiger partial charge in [0.25, 0.3) is 5.91 Å². The number of benzene rings is 1. The summed E-state index contributed by atoms with van der Waals surface area (Å²) in [6, 6.07) is 14.6. The Kier molecular flexibility index (Phi) is 5.93. The molecule has 0 fully saturated rings. The fourth-order valence-electron chi connectivity index (χ4n) is 3.76. The molecule has 0 aliphatic carbocycles. The maximum atomic E-state index is 12.6. The van der Waals surface area contributed by atoms with Crippen molar-refractivity contribution < 1.29 is 9.69 Å². The van der Waals surface area contributed by atoms with E-state index >= 15 is 0 Å². The van der Waals surface area contributed by atoms with Crippen LogP contribution in [0.2, 0.25) is 5.02 Å². The fraction of sp³-hybridized carbons (Fsp3) is 0.286. The Bertz CT molecular complexity index is 907. The Morgan fingerprint density at radius 1 is 1.19 bits per heavy atom. The molecule has 1 aliphatic heterocycles. The van der Waals surface area contributed by atoms with Gasteiger partial charge in [-0.25, -0.2) is 0 Å². The molecule has 1 aromatic carbocycles. The normalized spacial score (nSPS) is 18.9.